The summed E-state index contributed by atoms with van der Waals surface area (Å²) in [5, 5.41) is 0.631. The molecule has 3 atom stereocenters. The highest BCUT2D eigenvalue weighted by atomic mass is 32.1. The lowest BCUT2D eigenvalue weighted by Gasteiger charge is -2.44. The fraction of sp³-hybridized carbons (Fsp3) is 0.895. The van der Waals surface area contributed by atoms with Crippen LogP contribution in [0.5, 0.6) is 0 Å². The molecule has 3 fully saturated rings. The highest BCUT2D eigenvalue weighted by Crippen LogP contribution is 2.35. The second kappa shape index (κ2) is 8.50. The van der Waals surface area contributed by atoms with Crippen LogP contribution >= 0.6 is 12.2 Å². The smallest absolute Gasteiger partial charge is 0.259 e. The Kier molecular flexibility index (Phi) is 6.37. The fourth-order valence-electron chi connectivity index (χ4n) is 4.73. The SMILES string of the molecule is C[C@H]1CCCN(C(=O)CCOC(=S)N2CCCC3CCCCC32)C1. The number of fused-ring (bicyclic) bond motifs is 1. The van der Waals surface area contributed by atoms with Crippen LogP contribution in [-0.2, 0) is 9.53 Å². The molecular formula is C19H32N2O2S. The summed E-state index contributed by atoms with van der Waals surface area (Å²) in [7, 11) is 0. The molecule has 0 N–H and O–H groups in total. The minimum atomic E-state index is 0.221. The number of thiocarbonyl (C=S) groups is 1. The molecule has 136 valence electrons. The van der Waals surface area contributed by atoms with Gasteiger partial charge in [0.25, 0.3) is 5.17 Å². The van der Waals surface area contributed by atoms with Crippen molar-refractivity contribution in [3.8, 4) is 0 Å². The molecule has 24 heavy (non-hydrogen) atoms. The monoisotopic (exact) mass is 352 g/mol. The van der Waals surface area contributed by atoms with Gasteiger partial charge < -0.3 is 14.5 Å². The minimum absolute atomic E-state index is 0.221. The van der Waals surface area contributed by atoms with Gasteiger partial charge in [-0.1, -0.05) is 19.8 Å². The molecule has 4 nitrogen and oxygen atoms in total. The lowest BCUT2D eigenvalue weighted by Crippen LogP contribution is -2.49. The van der Waals surface area contributed by atoms with Crippen molar-refractivity contribution < 1.29 is 9.53 Å². The number of nitrogens with zero attached hydrogens (tertiary/aromatic N) is 2. The van der Waals surface area contributed by atoms with Gasteiger partial charge in [0.05, 0.1) is 13.0 Å². The number of rotatable bonds is 3. The molecule has 3 aliphatic rings. The van der Waals surface area contributed by atoms with Gasteiger partial charge in [-0.05, 0) is 62.6 Å². The molecule has 0 radical (unpaired) electrons. The number of carbonyl (C=O) groups is 1. The summed E-state index contributed by atoms with van der Waals surface area (Å²) in [5.41, 5.74) is 0. The molecule has 0 bridgehead atoms. The van der Waals surface area contributed by atoms with E-state index in [4.69, 9.17) is 17.0 Å². The first-order valence-electron chi connectivity index (χ1n) is 9.86. The van der Waals surface area contributed by atoms with E-state index in [2.05, 4.69) is 11.8 Å². The van der Waals surface area contributed by atoms with Crippen molar-refractivity contribution in [1.82, 2.24) is 9.80 Å². The molecule has 3 rings (SSSR count). The molecule has 2 heterocycles. The zero-order valence-electron chi connectivity index (χ0n) is 15.0. The molecule has 5 heteroatoms. The lowest BCUT2D eigenvalue weighted by atomic mass is 9.78. The third-order valence-electron chi connectivity index (χ3n) is 6.03. The van der Waals surface area contributed by atoms with Crippen LogP contribution in [0.2, 0.25) is 0 Å². The average Bonchev–Trinajstić information content (AvgIpc) is 2.61. The van der Waals surface area contributed by atoms with Crippen molar-refractivity contribution in [1.29, 1.82) is 0 Å². The second-order valence-electron chi connectivity index (χ2n) is 7.90. The molecule has 2 unspecified atom stereocenters. The van der Waals surface area contributed by atoms with E-state index in [0.717, 1.165) is 32.0 Å². The molecule has 0 aromatic rings. The van der Waals surface area contributed by atoms with Gasteiger partial charge in [-0.25, -0.2) is 0 Å². The van der Waals surface area contributed by atoms with Crippen molar-refractivity contribution in [3.05, 3.63) is 0 Å². The number of carbonyl (C=O) groups excluding carboxylic acids is 1. The maximum Gasteiger partial charge on any atom is 0.259 e. The molecule has 1 amide bonds. The van der Waals surface area contributed by atoms with Crippen molar-refractivity contribution in [2.75, 3.05) is 26.2 Å². The lowest BCUT2D eigenvalue weighted by molar-refractivity contribution is -0.133. The van der Waals surface area contributed by atoms with Crippen LogP contribution in [0.15, 0.2) is 0 Å². The number of likely N-dealkylation sites (tertiary alicyclic amines) is 2. The summed E-state index contributed by atoms with van der Waals surface area (Å²) in [6.45, 7) is 5.48. The summed E-state index contributed by atoms with van der Waals surface area (Å²) >= 11 is 5.55. The van der Waals surface area contributed by atoms with Crippen LogP contribution in [0.25, 0.3) is 0 Å². The number of ether oxygens (including phenoxy) is 1. The Labute approximate surface area is 151 Å². The Morgan fingerprint density at radius 2 is 1.83 bits per heavy atom. The van der Waals surface area contributed by atoms with E-state index < -0.39 is 0 Å². The maximum absolute atomic E-state index is 12.3. The summed E-state index contributed by atoms with van der Waals surface area (Å²) in [4.78, 5) is 16.6. The van der Waals surface area contributed by atoms with Gasteiger partial charge in [-0.3, -0.25) is 4.79 Å². The topological polar surface area (TPSA) is 32.8 Å². The molecule has 0 aromatic heterocycles. The van der Waals surface area contributed by atoms with E-state index in [-0.39, 0.29) is 5.91 Å². The van der Waals surface area contributed by atoms with E-state index >= 15 is 0 Å². The van der Waals surface area contributed by atoms with Crippen LogP contribution in [0, 0.1) is 11.8 Å². The Hall–Kier alpha value is -0.840. The third kappa shape index (κ3) is 4.41. The quantitative estimate of drug-likeness (QED) is 0.727. The van der Waals surface area contributed by atoms with E-state index in [0.29, 0.717) is 30.2 Å². The maximum atomic E-state index is 12.3. The highest BCUT2D eigenvalue weighted by molar-refractivity contribution is 7.80. The van der Waals surface area contributed by atoms with E-state index in [1.807, 2.05) is 4.90 Å². The molecule has 1 aliphatic carbocycles. The summed E-state index contributed by atoms with van der Waals surface area (Å²) in [5.74, 6) is 1.64. The van der Waals surface area contributed by atoms with Crippen molar-refractivity contribution >= 4 is 23.3 Å². The number of piperidine rings is 2. The van der Waals surface area contributed by atoms with E-state index in [1.54, 1.807) is 0 Å². The number of amides is 1. The van der Waals surface area contributed by atoms with Crippen LogP contribution in [0.1, 0.15) is 64.7 Å². The Morgan fingerprint density at radius 3 is 2.67 bits per heavy atom. The van der Waals surface area contributed by atoms with Crippen LogP contribution in [0.4, 0.5) is 0 Å². The highest BCUT2D eigenvalue weighted by Gasteiger charge is 2.35. The van der Waals surface area contributed by atoms with Gasteiger partial charge in [0.1, 0.15) is 0 Å². The van der Waals surface area contributed by atoms with Crippen LogP contribution in [0.3, 0.4) is 0 Å². The van der Waals surface area contributed by atoms with Crippen molar-refractivity contribution in [2.24, 2.45) is 11.8 Å². The number of hydrogen-bond acceptors (Lipinski definition) is 3. The first-order chi connectivity index (χ1) is 11.6. The second-order valence-corrected chi connectivity index (χ2v) is 8.25. The average molecular weight is 353 g/mol. The summed E-state index contributed by atoms with van der Waals surface area (Å²) in [6.07, 6.45) is 10.6. The Morgan fingerprint density at radius 1 is 1.08 bits per heavy atom. The standard InChI is InChI=1S/C19H32N2O2S/c1-15-6-4-11-20(14-15)18(22)10-13-23-19(24)21-12-5-8-16-7-2-3-9-17(16)21/h15-17H,2-14H2,1H3/t15-,16?,17?/m0/s1. The van der Waals surface area contributed by atoms with Gasteiger partial charge in [0.15, 0.2) is 0 Å². The molecule has 1 saturated carbocycles. The predicted octanol–water partition coefficient (Wildman–Crippen LogP) is 3.59. The Balaban J connectivity index is 1.42. The first-order valence-corrected chi connectivity index (χ1v) is 10.3. The largest absolute Gasteiger partial charge is 0.470 e. The molecule has 2 saturated heterocycles. The molecular weight excluding hydrogens is 320 g/mol. The summed E-state index contributed by atoms with van der Waals surface area (Å²) in [6, 6.07) is 0.582. The van der Waals surface area contributed by atoms with Crippen LogP contribution in [-0.4, -0.2) is 53.2 Å². The van der Waals surface area contributed by atoms with Gasteiger partial charge in [-0.2, -0.15) is 0 Å². The van der Waals surface area contributed by atoms with Gasteiger partial charge in [0, 0.05) is 25.7 Å². The van der Waals surface area contributed by atoms with Crippen molar-refractivity contribution in [2.45, 2.75) is 70.8 Å². The van der Waals surface area contributed by atoms with Crippen LogP contribution < -0.4 is 0 Å². The normalized spacial score (nSPS) is 30.6. The van der Waals surface area contributed by atoms with Gasteiger partial charge in [-0.15, -0.1) is 0 Å². The minimum Gasteiger partial charge on any atom is -0.470 e. The zero-order chi connectivity index (χ0) is 16.9. The third-order valence-corrected chi connectivity index (χ3v) is 6.38. The molecule has 0 spiro atoms. The van der Waals surface area contributed by atoms with Gasteiger partial charge in [0.2, 0.25) is 5.91 Å². The molecule has 0 aromatic carbocycles. The van der Waals surface area contributed by atoms with E-state index in [1.165, 1.54) is 44.9 Å². The number of hydrogen-bond donors (Lipinski definition) is 0. The summed E-state index contributed by atoms with van der Waals surface area (Å²) < 4.78 is 5.83. The van der Waals surface area contributed by atoms with Crippen molar-refractivity contribution in [3.63, 3.8) is 0 Å². The predicted molar refractivity (Wildman–Crippen MR) is 99.8 cm³/mol. The van der Waals surface area contributed by atoms with Gasteiger partial charge >= 0.3 is 0 Å². The van der Waals surface area contributed by atoms with E-state index in [9.17, 15) is 4.79 Å². The zero-order valence-corrected chi connectivity index (χ0v) is 15.9. The Bertz CT molecular complexity index is 455. The molecule has 2 aliphatic heterocycles. The fourth-order valence-corrected chi connectivity index (χ4v) is 5.04. The first kappa shape index (κ1) is 18.0.